The van der Waals surface area contributed by atoms with Crippen molar-refractivity contribution in [1.29, 1.82) is 0 Å². The third-order valence-electron chi connectivity index (χ3n) is 4.11. The quantitative estimate of drug-likeness (QED) is 0.918. The molecule has 1 atom stereocenters. The number of aromatic nitrogens is 1. The first-order chi connectivity index (χ1) is 9.76. The average Bonchev–Trinajstić information content (AvgIpc) is 2.72. The SMILES string of the molecule is CCCC1CCCN(C(=O)c2cccnc2NC)CC1. The summed E-state index contributed by atoms with van der Waals surface area (Å²) in [5.74, 6) is 1.57. The lowest BCUT2D eigenvalue weighted by atomic mass is 9.96. The van der Waals surface area contributed by atoms with E-state index in [1.54, 1.807) is 13.2 Å². The number of hydrogen-bond donors (Lipinski definition) is 1. The van der Waals surface area contributed by atoms with Crippen LogP contribution in [0.1, 0.15) is 49.4 Å². The molecule has 20 heavy (non-hydrogen) atoms. The van der Waals surface area contributed by atoms with Crippen LogP contribution in [0.2, 0.25) is 0 Å². The Hall–Kier alpha value is -1.58. The van der Waals surface area contributed by atoms with Gasteiger partial charge in [-0.2, -0.15) is 0 Å². The highest BCUT2D eigenvalue weighted by molar-refractivity contribution is 5.98. The Morgan fingerprint density at radius 3 is 3.05 bits per heavy atom. The summed E-state index contributed by atoms with van der Waals surface area (Å²) < 4.78 is 0. The van der Waals surface area contributed by atoms with Gasteiger partial charge in [0.25, 0.3) is 5.91 Å². The summed E-state index contributed by atoms with van der Waals surface area (Å²) in [6, 6.07) is 3.68. The number of hydrogen-bond acceptors (Lipinski definition) is 3. The van der Waals surface area contributed by atoms with E-state index in [1.165, 1.54) is 19.3 Å². The average molecular weight is 275 g/mol. The Kier molecular flexibility index (Phi) is 5.39. The van der Waals surface area contributed by atoms with Crippen LogP contribution in [0.5, 0.6) is 0 Å². The highest BCUT2D eigenvalue weighted by atomic mass is 16.2. The minimum Gasteiger partial charge on any atom is -0.372 e. The van der Waals surface area contributed by atoms with E-state index in [0.29, 0.717) is 11.4 Å². The van der Waals surface area contributed by atoms with Crippen LogP contribution in [0, 0.1) is 5.92 Å². The molecule has 110 valence electrons. The Labute approximate surface area is 121 Å². The van der Waals surface area contributed by atoms with E-state index >= 15 is 0 Å². The first-order valence-electron chi connectivity index (χ1n) is 7.68. The molecular weight excluding hydrogens is 250 g/mol. The second kappa shape index (κ2) is 7.27. The summed E-state index contributed by atoms with van der Waals surface area (Å²) in [6.45, 7) is 3.99. The fraction of sp³-hybridized carbons (Fsp3) is 0.625. The first-order valence-corrected chi connectivity index (χ1v) is 7.68. The molecule has 0 spiro atoms. The fourth-order valence-electron chi connectivity index (χ4n) is 3.01. The lowest BCUT2D eigenvalue weighted by Gasteiger charge is -2.21. The van der Waals surface area contributed by atoms with Crippen molar-refractivity contribution in [1.82, 2.24) is 9.88 Å². The van der Waals surface area contributed by atoms with E-state index in [1.807, 2.05) is 17.0 Å². The van der Waals surface area contributed by atoms with E-state index in [9.17, 15) is 4.79 Å². The minimum atomic E-state index is 0.111. The fourth-order valence-corrected chi connectivity index (χ4v) is 3.01. The molecule has 4 nitrogen and oxygen atoms in total. The Morgan fingerprint density at radius 1 is 1.45 bits per heavy atom. The predicted octanol–water partition coefficient (Wildman–Crippen LogP) is 3.17. The number of nitrogens with one attached hydrogen (secondary N) is 1. The van der Waals surface area contributed by atoms with Gasteiger partial charge < -0.3 is 10.2 Å². The molecule has 2 rings (SSSR count). The molecule has 1 unspecified atom stereocenters. The van der Waals surface area contributed by atoms with Crippen molar-refractivity contribution in [3.8, 4) is 0 Å². The second-order valence-electron chi connectivity index (χ2n) is 5.53. The van der Waals surface area contributed by atoms with Crippen LogP contribution in [0.3, 0.4) is 0 Å². The molecule has 1 aliphatic rings. The van der Waals surface area contributed by atoms with Gasteiger partial charge in [-0.15, -0.1) is 0 Å². The largest absolute Gasteiger partial charge is 0.372 e. The number of carbonyl (C=O) groups excluding carboxylic acids is 1. The van der Waals surface area contributed by atoms with Crippen LogP contribution >= 0.6 is 0 Å². The van der Waals surface area contributed by atoms with Crippen molar-refractivity contribution in [2.24, 2.45) is 5.92 Å². The highest BCUT2D eigenvalue weighted by Gasteiger charge is 2.22. The molecule has 1 N–H and O–H groups in total. The summed E-state index contributed by atoms with van der Waals surface area (Å²) >= 11 is 0. The molecule has 1 saturated heterocycles. The van der Waals surface area contributed by atoms with Gasteiger partial charge in [-0.05, 0) is 37.3 Å². The molecule has 0 aliphatic carbocycles. The minimum absolute atomic E-state index is 0.111. The van der Waals surface area contributed by atoms with Gasteiger partial charge in [0.15, 0.2) is 0 Å². The normalized spacial score (nSPS) is 19.5. The molecule has 1 aromatic rings. The van der Waals surface area contributed by atoms with Crippen LogP contribution in [0.4, 0.5) is 5.82 Å². The van der Waals surface area contributed by atoms with Gasteiger partial charge in [0, 0.05) is 26.3 Å². The van der Waals surface area contributed by atoms with E-state index in [0.717, 1.165) is 31.8 Å². The lowest BCUT2D eigenvalue weighted by Crippen LogP contribution is -2.32. The Bertz CT molecular complexity index is 447. The Balaban J connectivity index is 2.05. The Morgan fingerprint density at radius 2 is 2.30 bits per heavy atom. The van der Waals surface area contributed by atoms with Crippen LogP contribution in [-0.2, 0) is 0 Å². The van der Waals surface area contributed by atoms with Crippen molar-refractivity contribution in [3.05, 3.63) is 23.9 Å². The van der Waals surface area contributed by atoms with E-state index < -0.39 is 0 Å². The van der Waals surface area contributed by atoms with Crippen LogP contribution < -0.4 is 5.32 Å². The number of pyridine rings is 1. The molecule has 0 bridgehead atoms. The summed E-state index contributed by atoms with van der Waals surface area (Å²) in [7, 11) is 1.80. The van der Waals surface area contributed by atoms with Crippen molar-refractivity contribution in [3.63, 3.8) is 0 Å². The van der Waals surface area contributed by atoms with Gasteiger partial charge in [-0.1, -0.05) is 19.8 Å². The summed E-state index contributed by atoms with van der Waals surface area (Å²) in [5.41, 5.74) is 0.684. The molecule has 2 heterocycles. The van der Waals surface area contributed by atoms with E-state index in [2.05, 4.69) is 17.2 Å². The maximum absolute atomic E-state index is 12.6. The van der Waals surface area contributed by atoms with Gasteiger partial charge in [-0.3, -0.25) is 4.79 Å². The van der Waals surface area contributed by atoms with Gasteiger partial charge in [-0.25, -0.2) is 4.98 Å². The van der Waals surface area contributed by atoms with Crippen LogP contribution in [-0.4, -0.2) is 35.9 Å². The summed E-state index contributed by atoms with van der Waals surface area (Å²) in [4.78, 5) is 18.9. The first kappa shape index (κ1) is 14.8. The topological polar surface area (TPSA) is 45.2 Å². The van der Waals surface area contributed by atoms with E-state index in [-0.39, 0.29) is 5.91 Å². The zero-order chi connectivity index (χ0) is 14.4. The zero-order valence-corrected chi connectivity index (χ0v) is 12.6. The molecule has 1 aromatic heterocycles. The van der Waals surface area contributed by atoms with Crippen LogP contribution in [0.15, 0.2) is 18.3 Å². The van der Waals surface area contributed by atoms with Gasteiger partial charge in [0.2, 0.25) is 0 Å². The summed E-state index contributed by atoms with van der Waals surface area (Å²) in [5, 5.41) is 3.00. The smallest absolute Gasteiger partial charge is 0.257 e. The maximum Gasteiger partial charge on any atom is 0.257 e. The van der Waals surface area contributed by atoms with Gasteiger partial charge in [0.1, 0.15) is 5.82 Å². The number of rotatable bonds is 4. The highest BCUT2D eigenvalue weighted by Crippen LogP contribution is 2.23. The number of carbonyl (C=O) groups is 1. The van der Waals surface area contributed by atoms with Crippen molar-refractivity contribution in [2.45, 2.75) is 39.0 Å². The molecule has 1 aliphatic heterocycles. The molecule has 0 saturated carbocycles. The molecule has 4 heteroatoms. The number of amides is 1. The number of nitrogens with zero attached hydrogens (tertiary/aromatic N) is 2. The zero-order valence-electron chi connectivity index (χ0n) is 12.6. The summed E-state index contributed by atoms with van der Waals surface area (Å²) in [6.07, 6.45) is 7.74. The standard InChI is InChI=1S/C16H25N3O/c1-3-6-13-7-5-11-19(12-9-13)16(20)14-8-4-10-18-15(14)17-2/h4,8,10,13H,3,5-7,9,11-12H2,1-2H3,(H,17,18). The molecule has 1 fully saturated rings. The molecule has 0 radical (unpaired) electrons. The van der Waals surface area contributed by atoms with Gasteiger partial charge in [0.05, 0.1) is 5.56 Å². The third-order valence-corrected chi connectivity index (χ3v) is 4.11. The van der Waals surface area contributed by atoms with Gasteiger partial charge >= 0.3 is 0 Å². The van der Waals surface area contributed by atoms with Crippen molar-refractivity contribution < 1.29 is 4.79 Å². The van der Waals surface area contributed by atoms with Crippen molar-refractivity contribution >= 4 is 11.7 Å². The second-order valence-corrected chi connectivity index (χ2v) is 5.53. The number of anilines is 1. The lowest BCUT2D eigenvalue weighted by molar-refractivity contribution is 0.0760. The van der Waals surface area contributed by atoms with Crippen molar-refractivity contribution in [2.75, 3.05) is 25.5 Å². The van der Waals surface area contributed by atoms with E-state index in [4.69, 9.17) is 0 Å². The maximum atomic E-state index is 12.6. The van der Waals surface area contributed by atoms with Crippen LogP contribution in [0.25, 0.3) is 0 Å². The molecular formula is C16H25N3O. The number of likely N-dealkylation sites (tertiary alicyclic amines) is 1. The monoisotopic (exact) mass is 275 g/mol. The molecule has 0 aromatic carbocycles. The molecule has 1 amide bonds. The third kappa shape index (κ3) is 3.50. The predicted molar refractivity (Wildman–Crippen MR) is 81.9 cm³/mol.